The number of ether oxygens (including phenoxy) is 1. The zero-order valence-electron chi connectivity index (χ0n) is 10.2. The Hall–Kier alpha value is -1.65. The molecule has 0 radical (unpaired) electrons. The fourth-order valence-electron chi connectivity index (χ4n) is 1.66. The van der Waals surface area contributed by atoms with E-state index in [4.69, 9.17) is 16.2 Å². The van der Waals surface area contributed by atoms with Gasteiger partial charge in [-0.3, -0.25) is 0 Å². The number of nitrogens with two attached hydrogens (primary N) is 2. The number of anilines is 2. The van der Waals surface area contributed by atoms with E-state index in [1.54, 1.807) is 30.3 Å². The molecule has 0 bridgehead atoms. The molecule has 0 heterocycles. The van der Waals surface area contributed by atoms with Gasteiger partial charge in [-0.15, -0.1) is 24.8 Å². The molecule has 104 valence electrons. The summed E-state index contributed by atoms with van der Waals surface area (Å²) in [4.78, 5) is 0. The van der Waals surface area contributed by atoms with Crippen LogP contribution >= 0.6 is 24.8 Å². The quantitative estimate of drug-likeness (QED) is 0.835. The Labute approximate surface area is 123 Å². The Bertz CT molecular complexity index is 564. The van der Waals surface area contributed by atoms with Crippen molar-refractivity contribution in [3.8, 4) is 16.9 Å². The highest BCUT2D eigenvalue weighted by Crippen LogP contribution is 2.30. The minimum absolute atomic E-state index is 0. The second kappa shape index (κ2) is 7.07. The molecule has 19 heavy (non-hydrogen) atoms. The van der Waals surface area contributed by atoms with Crippen molar-refractivity contribution in [1.82, 2.24) is 0 Å². The molecule has 3 nitrogen and oxygen atoms in total. The Morgan fingerprint density at radius 1 is 1.00 bits per heavy atom. The van der Waals surface area contributed by atoms with Crippen LogP contribution in [-0.4, -0.2) is 7.11 Å². The van der Waals surface area contributed by atoms with Gasteiger partial charge in [-0.1, -0.05) is 6.07 Å². The number of hydrogen-bond acceptors (Lipinski definition) is 3. The summed E-state index contributed by atoms with van der Waals surface area (Å²) in [6, 6.07) is 9.81. The summed E-state index contributed by atoms with van der Waals surface area (Å²) < 4.78 is 18.4. The summed E-state index contributed by atoms with van der Waals surface area (Å²) in [5, 5.41) is 0. The van der Waals surface area contributed by atoms with Crippen molar-refractivity contribution in [2.75, 3.05) is 18.6 Å². The molecule has 0 spiro atoms. The van der Waals surface area contributed by atoms with Crippen molar-refractivity contribution >= 4 is 36.2 Å². The third-order valence-corrected chi connectivity index (χ3v) is 2.54. The fourth-order valence-corrected chi connectivity index (χ4v) is 1.66. The Balaban J connectivity index is 0.00000162. The summed E-state index contributed by atoms with van der Waals surface area (Å²) in [6.07, 6.45) is 0. The van der Waals surface area contributed by atoms with E-state index in [2.05, 4.69) is 0 Å². The van der Waals surface area contributed by atoms with Crippen molar-refractivity contribution in [2.24, 2.45) is 0 Å². The van der Waals surface area contributed by atoms with Crippen LogP contribution in [0.5, 0.6) is 5.75 Å². The molecule has 2 aromatic rings. The first kappa shape index (κ1) is 17.4. The molecule has 0 unspecified atom stereocenters. The average Bonchev–Trinajstić information content (AvgIpc) is 2.32. The summed E-state index contributed by atoms with van der Waals surface area (Å²) >= 11 is 0. The predicted molar refractivity (Wildman–Crippen MR) is 81.7 cm³/mol. The first-order valence-corrected chi connectivity index (χ1v) is 5.10. The van der Waals surface area contributed by atoms with Gasteiger partial charge in [0.2, 0.25) is 0 Å². The lowest BCUT2D eigenvalue weighted by atomic mass is 10.0. The van der Waals surface area contributed by atoms with E-state index in [-0.39, 0.29) is 30.6 Å². The molecule has 4 N–H and O–H groups in total. The van der Waals surface area contributed by atoms with Gasteiger partial charge in [-0.25, -0.2) is 4.39 Å². The van der Waals surface area contributed by atoms with Crippen LogP contribution in [0.2, 0.25) is 0 Å². The molecule has 0 aliphatic heterocycles. The van der Waals surface area contributed by atoms with Crippen LogP contribution in [0.4, 0.5) is 15.8 Å². The lowest BCUT2D eigenvalue weighted by Gasteiger charge is -2.08. The van der Waals surface area contributed by atoms with Crippen LogP contribution < -0.4 is 16.2 Å². The van der Waals surface area contributed by atoms with Gasteiger partial charge >= 0.3 is 0 Å². The van der Waals surface area contributed by atoms with Crippen LogP contribution in [0.1, 0.15) is 0 Å². The van der Waals surface area contributed by atoms with Crippen LogP contribution in [0.25, 0.3) is 11.1 Å². The first-order valence-electron chi connectivity index (χ1n) is 5.10. The van der Waals surface area contributed by atoms with Gasteiger partial charge < -0.3 is 16.2 Å². The summed E-state index contributed by atoms with van der Waals surface area (Å²) in [7, 11) is 1.42. The maximum absolute atomic E-state index is 13.6. The van der Waals surface area contributed by atoms with E-state index in [0.29, 0.717) is 22.5 Å². The maximum atomic E-state index is 13.6. The Morgan fingerprint density at radius 3 is 2.26 bits per heavy atom. The van der Waals surface area contributed by atoms with Gasteiger partial charge in [0.25, 0.3) is 0 Å². The minimum Gasteiger partial charge on any atom is -0.494 e. The normalized spacial score (nSPS) is 9.16. The van der Waals surface area contributed by atoms with Gasteiger partial charge in [-0.2, -0.15) is 0 Å². The summed E-state index contributed by atoms with van der Waals surface area (Å²) in [5.41, 5.74) is 14.1. The Morgan fingerprint density at radius 2 is 1.68 bits per heavy atom. The van der Waals surface area contributed by atoms with Crippen molar-refractivity contribution in [2.45, 2.75) is 0 Å². The molecular formula is C13H15Cl2FN2O. The van der Waals surface area contributed by atoms with Crippen LogP contribution in [0.15, 0.2) is 36.4 Å². The predicted octanol–water partition coefficient (Wildman–Crippen LogP) is 3.51. The smallest absolute Gasteiger partial charge is 0.165 e. The zero-order valence-corrected chi connectivity index (χ0v) is 11.9. The monoisotopic (exact) mass is 304 g/mol. The van der Waals surface area contributed by atoms with Crippen LogP contribution in [0, 0.1) is 5.82 Å². The van der Waals surface area contributed by atoms with Crippen molar-refractivity contribution in [1.29, 1.82) is 0 Å². The molecule has 0 aliphatic carbocycles. The first-order chi connectivity index (χ1) is 8.11. The second-order valence-corrected chi connectivity index (χ2v) is 3.70. The topological polar surface area (TPSA) is 61.3 Å². The number of methoxy groups -OCH3 is 1. The third-order valence-electron chi connectivity index (χ3n) is 2.54. The van der Waals surface area contributed by atoms with E-state index in [1.807, 2.05) is 0 Å². The van der Waals surface area contributed by atoms with E-state index in [1.165, 1.54) is 13.2 Å². The van der Waals surface area contributed by atoms with Gasteiger partial charge in [0, 0.05) is 16.9 Å². The molecule has 0 aromatic heterocycles. The van der Waals surface area contributed by atoms with Gasteiger partial charge in [-0.05, 0) is 35.9 Å². The molecular weight excluding hydrogens is 290 g/mol. The molecule has 2 rings (SSSR count). The lowest BCUT2D eigenvalue weighted by molar-refractivity contribution is 0.386. The average molecular weight is 305 g/mol. The van der Waals surface area contributed by atoms with Crippen molar-refractivity contribution in [3.63, 3.8) is 0 Å². The van der Waals surface area contributed by atoms with E-state index in [0.717, 1.165) is 0 Å². The highest BCUT2D eigenvalue weighted by atomic mass is 35.5. The van der Waals surface area contributed by atoms with Gasteiger partial charge in [0.05, 0.1) is 7.11 Å². The van der Waals surface area contributed by atoms with Gasteiger partial charge in [0.1, 0.15) is 0 Å². The lowest BCUT2D eigenvalue weighted by Crippen LogP contribution is -1.94. The minimum atomic E-state index is -0.424. The van der Waals surface area contributed by atoms with Gasteiger partial charge in [0.15, 0.2) is 11.6 Å². The molecule has 0 amide bonds. The van der Waals surface area contributed by atoms with Crippen molar-refractivity contribution in [3.05, 3.63) is 42.2 Å². The summed E-state index contributed by atoms with van der Waals surface area (Å²) in [6.45, 7) is 0. The van der Waals surface area contributed by atoms with E-state index in [9.17, 15) is 4.39 Å². The number of benzene rings is 2. The highest BCUT2D eigenvalue weighted by Gasteiger charge is 2.07. The zero-order chi connectivity index (χ0) is 12.4. The number of hydrogen-bond donors (Lipinski definition) is 2. The Kier molecular flexibility index (Phi) is 6.45. The van der Waals surface area contributed by atoms with E-state index < -0.39 is 5.82 Å². The molecule has 0 atom stereocenters. The maximum Gasteiger partial charge on any atom is 0.165 e. The second-order valence-electron chi connectivity index (χ2n) is 3.70. The summed E-state index contributed by atoms with van der Waals surface area (Å²) in [5.74, 6) is -0.219. The van der Waals surface area contributed by atoms with E-state index >= 15 is 0 Å². The number of halogens is 3. The molecule has 0 aliphatic rings. The van der Waals surface area contributed by atoms with Crippen molar-refractivity contribution < 1.29 is 9.13 Å². The largest absolute Gasteiger partial charge is 0.494 e. The fraction of sp³-hybridized carbons (Fsp3) is 0.0769. The number of rotatable bonds is 2. The van der Waals surface area contributed by atoms with Crippen LogP contribution in [0.3, 0.4) is 0 Å². The molecule has 0 fully saturated rings. The molecule has 0 saturated heterocycles. The van der Waals surface area contributed by atoms with Crippen LogP contribution in [-0.2, 0) is 0 Å². The third kappa shape index (κ3) is 3.66. The SMILES string of the molecule is COc1ccc(-c2cc(N)ccc2N)cc1F.Cl.Cl. The highest BCUT2D eigenvalue weighted by molar-refractivity contribution is 5.85. The molecule has 2 aromatic carbocycles. The molecule has 0 saturated carbocycles. The standard InChI is InChI=1S/C13H13FN2O.2ClH/c1-17-13-5-2-8(6-11(13)14)10-7-9(15)3-4-12(10)16;;/h2-7H,15-16H2,1H3;2*1H. The number of nitrogen functional groups attached to an aromatic ring is 2. The molecule has 6 heteroatoms.